The molecule has 2 heterocycles. The smallest absolute Gasteiger partial charge is 0.329 e. The monoisotopic (exact) mass is 360 g/mol. The van der Waals surface area contributed by atoms with E-state index in [9.17, 15) is 19.5 Å². The van der Waals surface area contributed by atoms with Crippen molar-refractivity contribution in [2.45, 2.75) is 31.2 Å². The summed E-state index contributed by atoms with van der Waals surface area (Å²) >= 11 is 0. The molecule has 1 aromatic rings. The Labute approximate surface area is 150 Å². The fourth-order valence-corrected chi connectivity index (χ4v) is 3.59. The average Bonchev–Trinajstić information content (AvgIpc) is 2.99. The van der Waals surface area contributed by atoms with Crippen molar-refractivity contribution in [3.05, 3.63) is 18.2 Å². The van der Waals surface area contributed by atoms with E-state index in [1.807, 2.05) is 0 Å². The van der Waals surface area contributed by atoms with Crippen molar-refractivity contribution in [3.63, 3.8) is 0 Å². The number of amides is 2. The molecule has 1 aromatic carbocycles. The molecule has 3 aliphatic rings. The highest BCUT2D eigenvalue weighted by Crippen LogP contribution is 2.37. The Balaban J connectivity index is 1.47. The van der Waals surface area contributed by atoms with E-state index in [-0.39, 0.29) is 24.8 Å². The third-order valence-corrected chi connectivity index (χ3v) is 5.31. The van der Waals surface area contributed by atoms with E-state index in [1.54, 1.807) is 18.2 Å². The lowest BCUT2D eigenvalue weighted by Gasteiger charge is -2.38. The highest BCUT2D eigenvalue weighted by molar-refractivity contribution is 6.01. The zero-order chi connectivity index (χ0) is 18.3. The molecule has 138 valence electrons. The number of nitrogens with zero attached hydrogens (tertiary/aromatic N) is 1. The fraction of sp³-hybridized carbons (Fsp3) is 0.500. The van der Waals surface area contributed by atoms with Gasteiger partial charge in [0, 0.05) is 24.7 Å². The van der Waals surface area contributed by atoms with E-state index >= 15 is 0 Å². The standard InChI is InChI=1S/C18H20N2O6/c21-15-8-11(16(22)19-18(17(23)24)4-1-5-18)10-20(15)12-2-3-13-14(9-12)26-7-6-25-13/h2-3,9,11H,1,4-8,10H2,(H,19,22)(H,23,24). The SMILES string of the molecule is O=C(NC1(C(=O)O)CCC1)C1CC(=O)N(c2ccc3c(c2)OCCO3)C1. The Kier molecular flexibility index (Phi) is 3.97. The topological polar surface area (TPSA) is 105 Å². The molecule has 1 unspecified atom stereocenters. The number of carboxylic acid groups (broad SMARTS) is 1. The van der Waals surface area contributed by atoms with Crippen LogP contribution in [0.25, 0.3) is 0 Å². The van der Waals surface area contributed by atoms with Crippen LogP contribution in [0, 0.1) is 5.92 Å². The predicted octanol–water partition coefficient (Wildman–Crippen LogP) is 0.934. The van der Waals surface area contributed by atoms with Gasteiger partial charge in [-0.3, -0.25) is 9.59 Å². The maximum atomic E-state index is 12.5. The van der Waals surface area contributed by atoms with Crippen LogP contribution in [0.5, 0.6) is 11.5 Å². The van der Waals surface area contributed by atoms with Gasteiger partial charge >= 0.3 is 5.97 Å². The van der Waals surface area contributed by atoms with Gasteiger partial charge in [-0.05, 0) is 31.4 Å². The molecule has 1 aliphatic carbocycles. The molecule has 1 saturated heterocycles. The van der Waals surface area contributed by atoms with E-state index in [1.165, 1.54) is 4.90 Å². The summed E-state index contributed by atoms with van der Waals surface area (Å²) in [6, 6.07) is 5.24. The molecule has 2 aliphatic heterocycles. The Morgan fingerprint density at radius 2 is 1.92 bits per heavy atom. The van der Waals surface area contributed by atoms with Gasteiger partial charge in [0.05, 0.1) is 5.92 Å². The number of nitrogens with one attached hydrogen (secondary N) is 1. The number of fused-ring (bicyclic) bond motifs is 1. The lowest BCUT2D eigenvalue weighted by molar-refractivity contribution is -0.152. The van der Waals surface area contributed by atoms with Crippen LogP contribution in [0.2, 0.25) is 0 Å². The van der Waals surface area contributed by atoms with Crippen LogP contribution in [0.3, 0.4) is 0 Å². The summed E-state index contributed by atoms with van der Waals surface area (Å²) in [7, 11) is 0. The van der Waals surface area contributed by atoms with Crippen LogP contribution < -0.4 is 19.7 Å². The van der Waals surface area contributed by atoms with Crippen molar-refractivity contribution in [1.29, 1.82) is 0 Å². The maximum Gasteiger partial charge on any atom is 0.329 e. The molecule has 8 nitrogen and oxygen atoms in total. The normalized spacial score (nSPS) is 23.3. The number of carbonyl (C=O) groups is 3. The molecular formula is C18H20N2O6. The van der Waals surface area contributed by atoms with E-state index in [0.717, 1.165) is 6.42 Å². The van der Waals surface area contributed by atoms with Gasteiger partial charge in [0.1, 0.15) is 18.8 Å². The number of aliphatic carboxylic acids is 1. The molecule has 0 spiro atoms. The van der Waals surface area contributed by atoms with E-state index < -0.39 is 17.4 Å². The summed E-state index contributed by atoms with van der Waals surface area (Å²) in [5.74, 6) is -0.902. The second-order valence-electron chi connectivity index (χ2n) is 6.96. The minimum Gasteiger partial charge on any atom is -0.486 e. The second kappa shape index (κ2) is 6.19. The Morgan fingerprint density at radius 3 is 2.58 bits per heavy atom. The fourth-order valence-electron chi connectivity index (χ4n) is 3.59. The molecule has 1 atom stereocenters. The lowest BCUT2D eigenvalue weighted by atomic mass is 9.76. The first-order valence-corrected chi connectivity index (χ1v) is 8.74. The summed E-state index contributed by atoms with van der Waals surface area (Å²) < 4.78 is 11.0. The molecule has 0 aromatic heterocycles. The quantitative estimate of drug-likeness (QED) is 0.828. The Bertz CT molecular complexity index is 773. The van der Waals surface area contributed by atoms with Gasteiger partial charge in [-0.25, -0.2) is 4.79 Å². The lowest BCUT2D eigenvalue weighted by Crippen LogP contribution is -2.60. The van der Waals surface area contributed by atoms with Crippen LogP contribution >= 0.6 is 0 Å². The van der Waals surface area contributed by atoms with E-state index in [4.69, 9.17) is 9.47 Å². The molecule has 2 fully saturated rings. The highest BCUT2D eigenvalue weighted by Gasteiger charge is 2.47. The van der Waals surface area contributed by atoms with Gasteiger partial charge < -0.3 is 24.8 Å². The number of carboxylic acids is 1. The molecule has 2 N–H and O–H groups in total. The van der Waals surface area contributed by atoms with Crippen molar-refractivity contribution < 1.29 is 29.0 Å². The van der Waals surface area contributed by atoms with Crippen molar-refractivity contribution in [2.75, 3.05) is 24.7 Å². The Hall–Kier alpha value is -2.77. The first-order chi connectivity index (χ1) is 12.5. The largest absolute Gasteiger partial charge is 0.486 e. The highest BCUT2D eigenvalue weighted by atomic mass is 16.6. The summed E-state index contributed by atoms with van der Waals surface area (Å²) in [6.45, 7) is 1.16. The summed E-state index contributed by atoms with van der Waals surface area (Å²) in [5, 5.41) is 12.0. The van der Waals surface area contributed by atoms with Gasteiger partial charge in [-0.1, -0.05) is 0 Å². The number of anilines is 1. The number of carbonyl (C=O) groups excluding carboxylic acids is 2. The van der Waals surface area contributed by atoms with Gasteiger partial charge in [0.25, 0.3) is 0 Å². The van der Waals surface area contributed by atoms with Crippen LogP contribution in [-0.2, 0) is 14.4 Å². The zero-order valence-electron chi connectivity index (χ0n) is 14.2. The third kappa shape index (κ3) is 2.75. The third-order valence-electron chi connectivity index (χ3n) is 5.31. The first-order valence-electron chi connectivity index (χ1n) is 8.74. The molecule has 8 heteroatoms. The molecule has 2 amide bonds. The van der Waals surface area contributed by atoms with Crippen molar-refractivity contribution in [1.82, 2.24) is 5.32 Å². The summed E-state index contributed by atoms with van der Waals surface area (Å²) in [6.07, 6.45) is 1.71. The number of hydrogen-bond acceptors (Lipinski definition) is 5. The predicted molar refractivity (Wildman–Crippen MR) is 90.3 cm³/mol. The number of benzene rings is 1. The maximum absolute atomic E-state index is 12.5. The molecule has 0 bridgehead atoms. The Morgan fingerprint density at radius 1 is 1.19 bits per heavy atom. The molecular weight excluding hydrogens is 340 g/mol. The molecule has 4 rings (SSSR count). The van der Waals surface area contributed by atoms with Crippen molar-refractivity contribution in [3.8, 4) is 11.5 Å². The van der Waals surface area contributed by atoms with Gasteiger partial charge in [-0.2, -0.15) is 0 Å². The van der Waals surface area contributed by atoms with Gasteiger partial charge in [-0.15, -0.1) is 0 Å². The minimum absolute atomic E-state index is 0.0655. The molecule has 0 radical (unpaired) electrons. The summed E-state index contributed by atoms with van der Waals surface area (Å²) in [5.41, 5.74) is -0.518. The van der Waals surface area contributed by atoms with Crippen LogP contribution in [0.4, 0.5) is 5.69 Å². The van der Waals surface area contributed by atoms with E-state index in [2.05, 4.69) is 5.32 Å². The van der Waals surface area contributed by atoms with Crippen LogP contribution in [0.1, 0.15) is 25.7 Å². The summed E-state index contributed by atoms with van der Waals surface area (Å²) in [4.78, 5) is 37.9. The second-order valence-corrected chi connectivity index (χ2v) is 6.96. The molecule has 26 heavy (non-hydrogen) atoms. The minimum atomic E-state index is -1.16. The zero-order valence-corrected chi connectivity index (χ0v) is 14.2. The molecule has 1 saturated carbocycles. The van der Waals surface area contributed by atoms with Crippen LogP contribution in [-0.4, -0.2) is 48.2 Å². The first kappa shape index (κ1) is 16.7. The number of rotatable bonds is 4. The number of ether oxygens (including phenoxy) is 2. The van der Waals surface area contributed by atoms with E-state index in [0.29, 0.717) is 43.2 Å². The van der Waals surface area contributed by atoms with Crippen LogP contribution in [0.15, 0.2) is 18.2 Å². The number of hydrogen-bond donors (Lipinski definition) is 2. The average molecular weight is 360 g/mol. The van der Waals surface area contributed by atoms with Crippen molar-refractivity contribution in [2.24, 2.45) is 5.92 Å². The van der Waals surface area contributed by atoms with Gasteiger partial charge in [0.2, 0.25) is 11.8 Å². The van der Waals surface area contributed by atoms with Gasteiger partial charge in [0.15, 0.2) is 11.5 Å². The van der Waals surface area contributed by atoms with Crippen molar-refractivity contribution >= 4 is 23.5 Å².